The molecule has 0 radical (unpaired) electrons. The van der Waals surface area contributed by atoms with Crippen LogP contribution in [0.5, 0.6) is 11.5 Å². The summed E-state index contributed by atoms with van der Waals surface area (Å²) < 4.78 is 20.4. The quantitative estimate of drug-likeness (QED) is 0.737. The summed E-state index contributed by atoms with van der Waals surface area (Å²) in [4.78, 5) is 0. The van der Waals surface area contributed by atoms with Crippen LogP contribution in [0.1, 0.15) is 12.5 Å². The molecule has 0 saturated carbocycles. The molecule has 5 heteroatoms. The lowest BCUT2D eigenvalue weighted by molar-refractivity contribution is 0.473. The average Bonchev–Trinajstić information content (AvgIpc) is 2.43. The Bertz CT molecular complexity index is 604. The SMILES string of the molecule is CCNCc1ccc(Oc2ccc(Br)c(F)c2)c(Br)c1. The molecule has 0 spiro atoms. The highest BCUT2D eigenvalue weighted by molar-refractivity contribution is 9.10. The van der Waals surface area contributed by atoms with Gasteiger partial charge in [-0.25, -0.2) is 4.39 Å². The van der Waals surface area contributed by atoms with Gasteiger partial charge in [-0.05, 0) is 68.2 Å². The fraction of sp³-hybridized carbons (Fsp3) is 0.200. The van der Waals surface area contributed by atoms with E-state index < -0.39 is 0 Å². The van der Waals surface area contributed by atoms with Crippen molar-refractivity contribution in [2.75, 3.05) is 6.54 Å². The first kappa shape index (κ1) is 15.5. The Morgan fingerprint density at radius 3 is 2.55 bits per heavy atom. The lowest BCUT2D eigenvalue weighted by Crippen LogP contribution is -2.11. The summed E-state index contributed by atoms with van der Waals surface area (Å²) in [6.45, 7) is 3.80. The van der Waals surface area contributed by atoms with Gasteiger partial charge in [0.1, 0.15) is 17.3 Å². The zero-order chi connectivity index (χ0) is 14.5. The molecule has 0 heterocycles. The first-order valence-corrected chi connectivity index (χ1v) is 7.81. The Morgan fingerprint density at radius 2 is 1.90 bits per heavy atom. The van der Waals surface area contributed by atoms with Gasteiger partial charge in [-0.2, -0.15) is 0 Å². The molecule has 2 aromatic carbocycles. The van der Waals surface area contributed by atoms with E-state index in [2.05, 4.69) is 44.1 Å². The normalized spacial score (nSPS) is 10.6. The van der Waals surface area contributed by atoms with Gasteiger partial charge < -0.3 is 10.1 Å². The van der Waals surface area contributed by atoms with E-state index >= 15 is 0 Å². The van der Waals surface area contributed by atoms with E-state index in [9.17, 15) is 4.39 Å². The number of nitrogens with one attached hydrogen (secondary N) is 1. The van der Waals surface area contributed by atoms with Crippen LogP contribution in [0.2, 0.25) is 0 Å². The van der Waals surface area contributed by atoms with Gasteiger partial charge in [-0.1, -0.05) is 13.0 Å². The molecule has 0 aliphatic carbocycles. The fourth-order valence-corrected chi connectivity index (χ4v) is 2.43. The second kappa shape index (κ2) is 7.20. The Morgan fingerprint density at radius 1 is 1.10 bits per heavy atom. The molecule has 0 unspecified atom stereocenters. The van der Waals surface area contributed by atoms with Crippen molar-refractivity contribution in [3.8, 4) is 11.5 Å². The van der Waals surface area contributed by atoms with Gasteiger partial charge in [0.25, 0.3) is 0 Å². The second-order valence-electron chi connectivity index (χ2n) is 4.22. The third-order valence-corrected chi connectivity index (χ3v) is 3.96. The van der Waals surface area contributed by atoms with Crippen LogP contribution in [-0.4, -0.2) is 6.54 Å². The molecule has 0 amide bonds. The summed E-state index contributed by atoms with van der Waals surface area (Å²) in [5.41, 5.74) is 1.16. The molecular formula is C15H14Br2FNO. The second-order valence-corrected chi connectivity index (χ2v) is 5.93. The monoisotopic (exact) mass is 401 g/mol. The van der Waals surface area contributed by atoms with Gasteiger partial charge in [0, 0.05) is 12.6 Å². The summed E-state index contributed by atoms with van der Waals surface area (Å²) in [6, 6.07) is 10.5. The van der Waals surface area contributed by atoms with E-state index in [4.69, 9.17) is 4.74 Å². The lowest BCUT2D eigenvalue weighted by atomic mass is 10.2. The Labute approximate surface area is 134 Å². The average molecular weight is 403 g/mol. The van der Waals surface area contributed by atoms with Crippen LogP contribution < -0.4 is 10.1 Å². The highest BCUT2D eigenvalue weighted by Crippen LogP contribution is 2.31. The predicted octanol–water partition coefficient (Wildman–Crippen LogP) is 5.25. The maximum Gasteiger partial charge on any atom is 0.141 e. The number of ether oxygens (including phenoxy) is 1. The van der Waals surface area contributed by atoms with Crippen LogP contribution in [0.3, 0.4) is 0 Å². The van der Waals surface area contributed by atoms with E-state index in [-0.39, 0.29) is 5.82 Å². The van der Waals surface area contributed by atoms with Crippen LogP contribution in [0.25, 0.3) is 0 Å². The molecule has 0 bridgehead atoms. The summed E-state index contributed by atoms with van der Waals surface area (Å²) >= 11 is 6.59. The summed E-state index contributed by atoms with van der Waals surface area (Å²) in [5, 5.41) is 3.26. The van der Waals surface area contributed by atoms with Crippen molar-refractivity contribution in [2.45, 2.75) is 13.5 Å². The molecule has 1 N–H and O–H groups in total. The Kier molecular flexibility index (Phi) is 5.57. The molecule has 0 saturated heterocycles. The van der Waals surface area contributed by atoms with Crippen LogP contribution in [0, 0.1) is 5.82 Å². The van der Waals surface area contributed by atoms with Gasteiger partial charge in [0.15, 0.2) is 0 Å². The van der Waals surface area contributed by atoms with E-state index in [1.54, 1.807) is 12.1 Å². The number of hydrogen-bond donors (Lipinski definition) is 1. The van der Waals surface area contributed by atoms with Crippen molar-refractivity contribution < 1.29 is 9.13 Å². The number of hydrogen-bond acceptors (Lipinski definition) is 2. The summed E-state index contributed by atoms with van der Waals surface area (Å²) in [7, 11) is 0. The lowest BCUT2D eigenvalue weighted by Gasteiger charge is -2.10. The first-order chi connectivity index (χ1) is 9.60. The third-order valence-electron chi connectivity index (χ3n) is 2.69. The minimum Gasteiger partial charge on any atom is -0.456 e. The molecule has 0 aromatic heterocycles. The Balaban J connectivity index is 2.14. The van der Waals surface area contributed by atoms with E-state index in [0.717, 1.165) is 23.1 Å². The van der Waals surface area contributed by atoms with Crippen LogP contribution in [0.4, 0.5) is 4.39 Å². The van der Waals surface area contributed by atoms with Crippen molar-refractivity contribution in [1.29, 1.82) is 0 Å². The molecule has 2 aromatic rings. The number of halogens is 3. The Hall–Kier alpha value is -0.910. The standard InChI is InChI=1S/C15H14Br2FNO/c1-2-19-9-10-3-6-15(13(17)7-10)20-11-4-5-12(16)14(18)8-11/h3-8,19H,2,9H2,1H3. The third kappa shape index (κ3) is 4.04. The summed E-state index contributed by atoms with van der Waals surface area (Å²) in [5.74, 6) is 0.778. The number of rotatable bonds is 5. The van der Waals surface area contributed by atoms with Crippen LogP contribution in [0.15, 0.2) is 45.3 Å². The van der Waals surface area contributed by atoms with Crippen molar-refractivity contribution in [2.24, 2.45) is 0 Å². The van der Waals surface area contributed by atoms with Gasteiger partial charge in [0.2, 0.25) is 0 Å². The smallest absolute Gasteiger partial charge is 0.141 e. The van der Waals surface area contributed by atoms with Crippen LogP contribution in [-0.2, 0) is 6.54 Å². The minimum atomic E-state index is -0.345. The zero-order valence-electron chi connectivity index (χ0n) is 10.9. The van der Waals surface area contributed by atoms with E-state index in [1.807, 2.05) is 18.2 Å². The molecule has 2 rings (SSSR count). The largest absolute Gasteiger partial charge is 0.456 e. The maximum absolute atomic E-state index is 13.4. The predicted molar refractivity (Wildman–Crippen MR) is 85.7 cm³/mol. The van der Waals surface area contributed by atoms with Crippen LogP contribution >= 0.6 is 31.9 Å². The summed E-state index contributed by atoms with van der Waals surface area (Å²) in [6.07, 6.45) is 0. The maximum atomic E-state index is 13.4. The van der Waals surface area contributed by atoms with Crippen molar-refractivity contribution in [3.05, 3.63) is 56.7 Å². The minimum absolute atomic E-state index is 0.345. The van der Waals surface area contributed by atoms with E-state index in [0.29, 0.717) is 16.0 Å². The van der Waals surface area contributed by atoms with E-state index in [1.165, 1.54) is 6.07 Å². The van der Waals surface area contributed by atoms with Crippen molar-refractivity contribution in [3.63, 3.8) is 0 Å². The van der Waals surface area contributed by atoms with Gasteiger partial charge in [-0.15, -0.1) is 0 Å². The van der Waals surface area contributed by atoms with Crippen molar-refractivity contribution >= 4 is 31.9 Å². The topological polar surface area (TPSA) is 21.3 Å². The zero-order valence-corrected chi connectivity index (χ0v) is 14.1. The molecule has 2 nitrogen and oxygen atoms in total. The molecule has 20 heavy (non-hydrogen) atoms. The molecule has 0 atom stereocenters. The first-order valence-electron chi connectivity index (χ1n) is 6.22. The van der Waals surface area contributed by atoms with Gasteiger partial charge in [0.05, 0.1) is 8.95 Å². The molecule has 106 valence electrons. The highest BCUT2D eigenvalue weighted by atomic mass is 79.9. The van der Waals surface area contributed by atoms with Crippen molar-refractivity contribution in [1.82, 2.24) is 5.32 Å². The number of benzene rings is 2. The highest BCUT2D eigenvalue weighted by Gasteiger charge is 2.06. The van der Waals surface area contributed by atoms with Gasteiger partial charge >= 0.3 is 0 Å². The molecule has 0 fully saturated rings. The molecule has 0 aliphatic rings. The fourth-order valence-electron chi connectivity index (χ4n) is 1.67. The molecular weight excluding hydrogens is 389 g/mol. The van der Waals surface area contributed by atoms with Gasteiger partial charge in [-0.3, -0.25) is 0 Å². The molecule has 0 aliphatic heterocycles.